The summed E-state index contributed by atoms with van der Waals surface area (Å²) < 4.78 is 26.0. The van der Waals surface area contributed by atoms with Gasteiger partial charge < -0.3 is 5.32 Å². The van der Waals surface area contributed by atoms with Crippen LogP contribution >= 0.6 is 0 Å². The second-order valence-corrected chi connectivity index (χ2v) is 10.7. The second kappa shape index (κ2) is 8.51. The molecule has 1 saturated heterocycles. The molecule has 0 aromatic heterocycles. The van der Waals surface area contributed by atoms with Crippen molar-refractivity contribution >= 4 is 21.6 Å². The highest BCUT2D eigenvalue weighted by Crippen LogP contribution is 2.36. The zero-order valence-electron chi connectivity index (χ0n) is 17.4. The summed E-state index contributed by atoms with van der Waals surface area (Å²) in [6, 6.07) is 4.65. The van der Waals surface area contributed by atoms with Crippen molar-refractivity contribution in [2.24, 2.45) is 11.8 Å². The highest BCUT2D eigenvalue weighted by Gasteiger charge is 2.34. The number of benzene rings is 1. The Morgan fingerprint density at radius 1 is 1.18 bits per heavy atom. The van der Waals surface area contributed by atoms with Gasteiger partial charge in [0.2, 0.25) is 15.9 Å². The fraction of sp³-hybridized carbons (Fsp3) is 0.667. The van der Waals surface area contributed by atoms with Gasteiger partial charge in [0, 0.05) is 26.3 Å². The molecule has 1 aromatic rings. The second-order valence-electron chi connectivity index (χ2n) is 8.52. The Balaban J connectivity index is 1.70. The third-order valence-corrected chi connectivity index (χ3v) is 8.31. The Bertz CT molecular complexity index is 822. The molecular weight excluding hydrogens is 374 g/mol. The Hall–Kier alpha value is -1.44. The number of carbonyl (C=O) groups is 1. The van der Waals surface area contributed by atoms with Crippen molar-refractivity contribution in [3.63, 3.8) is 0 Å². The van der Waals surface area contributed by atoms with Gasteiger partial charge in [-0.1, -0.05) is 25.3 Å². The van der Waals surface area contributed by atoms with Crippen LogP contribution < -0.4 is 5.32 Å². The summed E-state index contributed by atoms with van der Waals surface area (Å²) >= 11 is 0. The molecule has 28 heavy (non-hydrogen) atoms. The summed E-state index contributed by atoms with van der Waals surface area (Å²) in [5.41, 5.74) is 1.41. The minimum absolute atomic E-state index is 0.0724. The first-order chi connectivity index (χ1) is 13.2. The fourth-order valence-corrected chi connectivity index (χ4v) is 5.42. The van der Waals surface area contributed by atoms with E-state index in [9.17, 15) is 13.2 Å². The van der Waals surface area contributed by atoms with E-state index in [0.717, 1.165) is 24.6 Å². The molecule has 1 amide bonds. The van der Waals surface area contributed by atoms with E-state index < -0.39 is 10.0 Å². The van der Waals surface area contributed by atoms with Crippen LogP contribution in [-0.2, 0) is 14.8 Å². The molecule has 1 N–H and O–H groups in total. The predicted octanol–water partition coefficient (Wildman–Crippen LogP) is 3.08. The number of nitrogens with zero attached hydrogens (tertiary/aromatic N) is 2. The lowest BCUT2D eigenvalue weighted by Gasteiger charge is -2.43. The molecule has 2 aliphatic rings. The molecule has 7 heteroatoms. The average molecular weight is 408 g/mol. The molecule has 0 unspecified atom stereocenters. The van der Waals surface area contributed by atoms with Crippen molar-refractivity contribution in [1.29, 1.82) is 0 Å². The first-order valence-corrected chi connectivity index (χ1v) is 11.7. The molecule has 2 fully saturated rings. The Morgan fingerprint density at radius 2 is 1.86 bits per heavy atom. The first kappa shape index (κ1) is 21.3. The van der Waals surface area contributed by atoms with Crippen molar-refractivity contribution < 1.29 is 13.2 Å². The Morgan fingerprint density at radius 3 is 2.54 bits per heavy atom. The quantitative estimate of drug-likeness (QED) is 0.814. The molecule has 0 spiro atoms. The van der Waals surface area contributed by atoms with E-state index in [1.807, 2.05) is 13.8 Å². The van der Waals surface area contributed by atoms with Gasteiger partial charge in [-0.2, -0.15) is 0 Å². The number of piperidine rings is 1. The SMILES string of the molecule is Cc1ccc(S(=O)(=O)N(C)C)cc1NC(=O)[C@H](C)N1CC[C@H]2CCCC[C@H]2C1. The number of nitrogens with one attached hydrogen (secondary N) is 1. The van der Waals surface area contributed by atoms with E-state index >= 15 is 0 Å². The third kappa shape index (κ3) is 4.42. The maximum Gasteiger partial charge on any atom is 0.242 e. The van der Waals surface area contributed by atoms with Gasteiger partial charge in [-0.3, -0.25) is 9.69 Å². The van der Waals surface area contributed by atoms with Crippen LogP contribution in [0.1, 0.15) is 44.6 Å². The molecule has 6 nitrogen and oxygen atoms in total. The van der Waals surface area contributed by atoms with Crippen LogP contribution in [0.5, 0.6) is 0 Å². The van der Waals surface area contributed by atoms with Crippen LogP contribution in [0.25, 0.3) is 0 Å². The van der Waals surface area contributed by atoms with Crippen molar-refractivity contribution in [2.75, 3.05) is 32.5 Å². The van der Waals surface area contributed by atoms with Crippen molar-refractivity contribution in [3.05, 3.63) is 23.8 Å². The van der Waals surface area contributed by atoms with Crippen LogP contribution in [0, 0.1) is 18.8 Å². The highest BCUT2D eigenvalue weighted by atomic mass is 32.2. The molecule has 0 radical (unpaired) electrons. The zero-order chi connectivity index (χ0) is 20.5. The zero-order valence-corrected chi connectivity index (χ0v) is 18.3. The van der Waals surface area contributed by atoms with Crippen LogP contribution in [0.4, 0.5) is 5.69 Å². The van der Waals surface area contributed by atoms with E-state index in [0.29, 0.717) is 11.6 Å². The molecule has 0 bridgehead atoms. The number of rotatable bonds is 5. The van der Waals surface area contributed by atoms with Crippen LogP contribution in [-0.4, -0.2) is 56.8 Å². The first-order valence-electron chi connectivity index (χ1n) is 10.3. The number of hydrogen-bond acceptors (Lipinski definition) is 4. The summed E-state index contributed by atoms with van der Waals surface area (Å²) in [7, 11) is -0.526. The van der Waals surface area contributed by atoms with E-state index in [4.69, 9.17) is 0 Å². The molecule has 3 rings (SSSR count). The number of amides is 1. The van der Waals surface area contributed by atoms with Gasteiger partial charge in [-0.25, -0.2) is 12.7 Å². The number of aryl methyl sites for hydroxylation is 1. The van der Waals surface area contributed by atoms with E-state index in [1.54, 1.807) is 18.2 Å². The van der Waals surface area contributed by atoms with Crippen LogP contribution in [0.15, 0.2) is 23.1 Å². The predicted molar refractivity (Wildman–Crippen MR) is 112 cm³/mol. The van der Waals surface area contributed by atoms with E-state index in [1.165, 1.54) is 50.5 Å². The van der Waals surface area contributed by atoms with Crippen LogP contribution in [0.3, 0.4) is 0 Å². The highest BCUT2D eigenvalue weighted by molar-refractivity contribution is 7.89. The summed E-state index contributed by atoms with van der Waals surface area (Å²) in [4.78, 5) is 15.4. The summed E-state index contributed by atoms with van der Waals surface area (Å²) in [6.07, 6.45) is 6.45. The number of hydrogen-bond donors (Lipinski definition) is 1. The largest absolute Gasteiger partial charge is 0.324 e. The standard InChI is InChI=1S/C21H33N3O3S/c1-15-9-10-19(28(26,27)23(3)4)13-20(15)22-21(25)16(2)24-12-11-17-7-5-6-8-18(17)14-24/h9-10,13,16-18H,5-8,11-12,14H2,1-4H3,(H,22,25)/t16-,17+,18-/m0/s1. The van der Waals surface area contributed by atoms with Gasteiger partial charge in [-0.15, -0.1) is 0 Å². The Labute approximate surface area is 169 Å². The minimum atomic E-state index is -3.53. The lowest BCUT2D eigenvalue weighted by molar-refractivity contribution is -0.122. The van der Waals surface area contributed by atoms with Gasteiger partial charge in [0.25, 0.3) is 0 Å². The smallest absolute Gasteiger partial charge is 0.242 e. The normalized spacial score (nSPS) is 24.6. The number of fused-ring (bicyclic) bond motifs is 1. The maximum atomic E-state index is 12.9. The lowest BCUT2D eigenvalue weighted by atomic mass is 9.75. The Kier molecular flexibility index (Phi) is 6.47. The minimum Gasteiger partial charge on any atom is -0.324 e. The molecule has 1 heterocycles. The summed E-state index contributed by atoms with van der Waals surface area (Å²) in [6.45, 7) is 5.78. The number of anilines is 1. The van der Waals surface area contributed by atoms with Gasteiger partial charge in [0.1, 0.15) is 0 Å². The molecular formula is C21H33N3O3S. The van der Waals surface area contributed by atoms with Crippen molar-refractivity contribution in [1.82, 2.24) is 9.21 Å². The molecule has 1 aliphatic heterocycles. The van der Waals surface area contributed by atoms with Crippen molar-refractivity contribution in [3.8, 4) is 0 Å². The summed E-state index contributed by atoms with van der Waals surface area (Å²) in [5.74, 6) is 1.47. The number of likely N-dealkylation sites (tertiary alicyclic amines) is 1. The van der Waals surface area contributed by atoms with E-state index in [2.05, 4.69) is 10.2 Å². The summed E-state index contributed by atoms with van der Waals surface area (Å²) in [5, 5.41) is 2.97. The van der Waals surface area contributed by atoms with E-state index in [-0.39, 0.29) is 16.8 Å². The molecule has 1 aliphatic carbocycles. The monoisotopic (exact) mass is 407 g/mol. The molecule has 1 aromatic carbocycles. The molecule has 3 atom stereocenters. The van der Waals surface area contributed by atoms with Gasteiger partial charge in [-0.05, 0) is 62.8 Å². The lowest BCUT2D eigenvalue weighted by Crippen LogP contribution is -2.50. The third-order valence-electron chi connectivity index (χ3n) is 6.50. The topological polar surface area (TPSA) is 69.7 Å². The average Bonchev–Trinajstić information content (AvgIpc) is 2.68. The maximum absolute atomic E-state index is 12.9. The molecule has 1 saturated carbocycles. The van der Waals surface area contributed by atoms with Gasteiger partial charge in [0.05, 0.1) is 10.9 Å². The number of carbonyl (C=O) groups excluding carboxylic acids is 1. The van der Waals surface area contributed by atoms with Crippen molar-refractivity contribution in [2.45, 2.75) is 56.9 Å². The van der Waals surface area contributed by atoms with Gasteiger partial charge in [0.15, 0.2) is 0 Å². The molecule has 156 valence electrons. The fourth-order valence-electron chi connectivity index (χ4n) is 4.49. The van der Waals surface area contributed by atoms with Crippen LogP contribution in [0.2, 0.25) is 0 Å². The number of sulfonamides is 1. The van der Waals surface area contributed by atoms with Gasteiger partial charge >= 0.3 is 0 Å².